The Morgan fingerprint density at radius 2 is 1.71 bits per heavy atom. The minimum atomic E-state index is -4.90. The molecule has 1 aromatic carbocycles. The van der Waals surface area contributed by atoms with Gasteiger partial charge in [-0.25, -0.2) is 13.6 Å². The van der Waals surface area contributed by atoms with Crippen LogP contribution in [-0.2, 0) is 11.0 Å². The van der Waals surface area contributed by atoms with Crippen molar-refractivity contribution in [2.45, 2.75) is 6.18 Å². The zero-order chi connectivity index (χ0) is 13.2. The summed E-state index contributed by atoms with van der Waals surface area (Å²) in [6, 6.07) is 0.272. The Kier molecular flexibility index (Phi) is 3.50. The van der Waals surface area contributed by atoms with Crippen molar-refractivity contribution >= 4 is 12.0 Å². The van der Waals surface area contributed by atoms with Crippen LogP contribution < -0.4 is 0 Å². The largest absolute Gasteiger partial charge is 0.478 e. The van der Waals surface area contributed by atoms with E-state index in [-0.39, 0.29) is 12.1 Å². The number of aliphatic carboxylic acids is 1. The Morgan fingerprint density at radius 3 is 2.18 bits per heavy atom. The van der Waals surface area contributed by atoms with Crippen molar-refractivity contribution in [3.63, 3.8) is 0 Å². The summed E-state index contributed by atoms with van der Waals surface area (Å²) in [6.07, 6.45) is -3.94. The molecule has 0 aliphatic carbocycles. The standard InChI is InChI=1S/C10H5F5O2/c11-7-3-5(1-2-9(16)17)6(4-8(7)12)10(13,14)15/h1-4H,(H,16,17). The molecule has 0 aliphatic heterocycles. The minimum absolute atomic E-state index is 0.0170. The Labute approximate surface area is 92.0 Å². The second-order valence-electron chi connectivity index (χ2n) is 3.02. The molecule has 92 valence electrons. The molecule has 0 atom stereocenters. The van der Waals surface area contributed by atoms with Gasteiger partial charge in [-0.1, -0.05) is 0 Å². The molecule has 0 heterocycles. The summed E-state index contributed by atoms with van der Waals surface area (Å²) >= 11 is 0. The lowest BCUT2D eigenvalue weighted by atomic mass is 10.1. The summed E-state index contributed by atoms with van der Waals surface area (Å²) in [5.41, 5.74) is -2.19. The molecular weight excluding hydrogens is 247 g/mol. The van der Waals surface area contributed by atoms with Gasteiger partial charge >= 0.3 is 12.1 Å². The van der Waals surface area contributed by atoms with Crippen LogP contribution in [0, 0.1) is 11.6 Å². The van der Waals surface area contributed by atoms with Crippen LogP contribution in [0.5, 0.6) is 0 Å². The highest BCUT2D eigenvalue weighted by atomic mass is 19.4. The lowest BCUT2D eigenvalue weighted by Gasteiger charge is -2.10. The molecule has 0 saturated heterocycles. The number of carboxylic acid groups (broad SMARTS) is 1. The first kappa shape index (κ1) is 13.1. The predicted octanol–water partition coefficient (Wildman–Crippen LogP) is 3.08. The zero-order valence-electron chi connectivity index (χ0n) is 8.05. The van der Waals surface area contributed by atoms with E-state index in [1.165, 1.54) is 0 Å². The number of carboxylic acids is 1. The van der Waals surface area contributed by atoms with Gasteiger partial charge in [0.15, 0.2) is 11.6 Å². The second-order valence-corrected chi connectivity index (χ2v) is 3.02. The third kappa shape index (κ3) is 3.27. The quantitative estimate of drug-likeness (QED) is 0.648. The Bertz CT molecular complexity index is 476. The maximum Gasteiger partial charge on any atom is 0.417 e. The summed E-state index contributed by atoms with van der Waals surface area (Å²) in [5.74, 6) is -4.63. The van der Waals surface area contributed by atoms with Crippen molar-refractivity contribution < 1.29 is 31.9 Å². The summed E-state index contributed by atoms with van der Waals surface area (Å²) in [4.78, 5) is 10.1. The Balaban J connectivity index is 3.36. The maximum atomic E-state index is 12.7. The van der Waals surface area contributed by atoms with E-state index in [0.717, 1.165) is 0 Å². The predicted molar refractivity (Wildman–Crippen MR) is 48.0 cm³/mol. The first-order valence-corrected chi connectivity index (χ1v) is 4.19. The van der Waals surface area contributed by atoms with Crippen LogP contribution in [0.15, 0.2) is 18.2 Å². The van der Waals surface area contributed by atoms with Crippen molar-refractivity contribution in [3.05, 3.63) is 41.0 Å². The van der Waals surface area contributed by atoms with E-state index in [1.807, 2.05) is 0 Å². The Hall–Kier alpha value is -1.92. The van der Waals surface area contributed by atoms with Crippen LogP contribution in [0.4, 0.5) is 22.0 Å². The average Bonchev–Trinajstić information content (AvgIpc) is 2.17. The molecular formula is C10H5F5O2. The maximum absolute atomic E-state index is 12.7. The zero-order valence-corrected chi connectivity index (χ0v) is 8.05. The van der Waals surface area contributed by atoms with Gasteiger partial charge in [-0.05, 0) is 23.8 Å². The van der Waals surface area contributed by atoms with Crippen LogP contribution in [0.2, 0.25) is 0 Å². The number of alkyl halides is 3. The van der Waals surface area contributed by atoms with Gasteiger partial charge in [-0.2, -0.15) is 13.2 Å². The Morgan fingerprint density at radius 1 is 1.18 bits per heavy atom. The van der Waals surface area contributed by atoms with Gasteiger partial charge in [0, 0.05) is 6.08 Å². The average molecular weight is 252 g/mol. The molecule has 17 heavy (non-hydrogen) atoms. The van der Waals surface area contributed by atoms with Gasteiger partial charge in [0.2, 0.25) is 0 Å². The smallest absolute Gasteiger partial charge is 0.417 e. The van der Waals surface area contributed by atoms with Crippen LogP contribution in [0.3, 0.4) is 0 Å². The highest BCUT2D eigenvalue weighted by molar-refractivity contribution is 5.85. The van der Waals surface area contributed by atoms with E-state index in [0.29, 0.717) is 12.2 Å². The molecule has 0 fully saturated rings. The SMILES string of the molecule is O=C(O)C=Cc1cc(F)c(F)cc1C(F)(F)F. The van der Waals surface area contributed by atoms with Crippen LogP contribution >= 0.6 is 0 Å². The molecule has 0 aromatic heterocycles. The molecule has 0 unspecified atom stereocenters. The second kappa shape index (κ2) is 4.52. The number of benzene rings is 1. The van der Waals surface area contributed by atoms with E-state index in [2.05, 4.69) is 0 Å². The van der Waals surface area contributed by atoms with Gasteiger partial charge in [-0.3, -0.25) is 0 Å². The summed E-state index contributed by atoms with van der Waals surface area (Å²) in [5, 5.41) is 8.26. The van der Waals surface area contributed by atoms with Crippen molar-refractivity contribution in [2.75, 3.05) is 0 Å². The lowest BCUT2D eigenvalue weighted by molar-refractivity contribution is -0.138. The number of carbonyl (C=O) groups is 1. The van der Waals surface area contributed by atoms with Crippen LogP contribution in [-0.4, -0.2) is 11.1 Å². The fourth-order valence-electron chi connectivity index (χ4n) is 1.11. The molecule has 0 aliphatic rings. The highest BCUT2D eigenvalue weighted by Gasteiger charge is 2.34. The highest BCUT2D eigenvalue weighted by Crippen LogP contribution is 2.33. The van der Waals surface area contributed by atoms with Gasteiger partial charge in [-0.15, -0.1) is 0 Å². The van der Waals surface area contributed by atoms with Crippen LogP contribution in [0.25, 0.3) is 6.08 Å². The van der Waals surface area contributed by atoms with Crippen LogP contribution in [0.1, 0.15) is 11.1 Å². The molecule has 1 rings (SSSR count). The van der Waals surface area contributed by atoms with E-state index in [1.54, 1.807) is 0 Å². The fraction of sp³-hybridized carbons (Fsp3) is 0.100. The van der Waals surface area contributed by atoms with Crippen molar-refractivity contribution in [2.24, 2.45) is 0 Å². The number of rotatable bonds is 2. The lowest BCUT2D eigenvalue weighted by Crippen LogP contribution is -2.09. The summed E-state index contributed by atoms with van der Waals surface area (Å²) in [7, 11) is 0. The van der Waals surface area contributed by atoms with Gasteiger partial charge in [0.1, 0.15) is 0 Å². The molecule has 1 aromatic rings. The van der Waals surface area contributed by atoms with Gasteiger partial charge < -0.3 is 5.11 Å². The third-order valence-electron chi connectivity index (χ3n) is 1.80. The van der Waals surface area contributed by atoms with Gasteiger partial charge in [0.05, 0.1) is 5.56 Å². The van der Waals surface area contributed by atoms with Crippen molar-refractivity contribution in [1.82, 2.24) is 0 Å². The fourth-order valence-corrected chi connectivity index (χ4v) is 1.11. The molecule has 0 radical (unpaired) electrons. The third-order valence-corrected chi connectivity index (χ3v) is 1.80. The molecule has 0 bridgehead atoms. The normalized spacial score (nSPS) is 12.1. The molecule has 7 heteroatoms. The number of hydrogen-bond donors (Lipinski definition) is 1. The molecule has 0 amide bonds. The van der Waals surface area contributed by atoms with E-state index < -0.39 is 34.9 Å². The molecule has 2 nitrogen and oxygen atoms in total. The first-order valence-electron chi connectivity index (χ1n) is 4.19. The van der Waals surface area contributed by atoms with Crippen molar-refractivity contribution in [1.29, 1.82) is 0 Å². The summed E-state index contributed by atoms with van der Waals surface area (Å²) < 4.78 is 62.7. The first-order chi connectivity index (χ1) is 7.71. The number of hydrogen-bond acceptors (Lipinski definition) is 1. The van der Waals surface area contributed by atoms with Crippen molar-refractivity contribution in [3.8, 4) is 0 Å². The number of halogens is 5. The minimum Gasteiger partial charge on any atom is -0.478 e. The molecule has 0 saturated carbocycles. The van der Waals surface area contributed by atoms with E-state index >= 15 is 0 Å². The van der Waals surface area contributed by atoms with E-state index in [4.69, 9.17) is 5.11 Å². The monoisotopic (exact) mass is 252 g/mol. The topological polar surface area (TPSA) is 37.3 Å². The van der Waals surface area contributed by atoms with Gasteiger partial charge in [0.25, 0.3) is 0 Å². The molecule has 0 spiro atoms. The molecule has 1 N–H and O–H groups in total. The van der Waals surface area contributed by atoms with E-state index in [9.17, 15) is 26.7 Å². The summed E-state index contributed by atoms with van der Waals surface area (Å²) in [6.45, 7) is 0.